The molecule has 0 radical (unpaired) electrons. The maximum atomic E-state index is 15.3. The molecule has 4 fully saturated rings. The van der Waals surface area contributed by atoms with E-state index < -0.39 is 58.3 Å². The molecule has 2 saturated heterocycles. The predicted molar refractivity (Wildman–Crippen MR) is 215 cm³/mol. The maximum Gasteiger partial charge on any atom is 0.255 e. The van der Waals surface area contributed by atoms with Crippen molar-refractivity contribution in [2.45, 2.75) is 73.5 Å². The number of amides is 3. The highest BCUT2D eigenvalue weighted by molar-refractivity contribution is 6.32. The molecular formula is C43H34Cl4F2N4O5. The van der Waals surface area contributed by atoms with Crippen molar-refractivity contribution in [3.63, 3.8) is 0 Å². The van der Waals surface area contributed by atoms with Crippen LogP contribution in [0.2, 0.25) is 20.1 Å². The summed E-state index contributed by atoms with van der Waals surface area (Å²) in [5.74, 6) is -4.83. The highest BCUT2D eigenvalue weighted by Crippen LogP contribution is 2.62. The van der Waals surface area contributed by atoms with Gasteiger partial charge in [0.2, 0.25) is 12.3 Å². The Morgan fingerprint density at radius 2 is 1.22 bits per heavy atom. The molecule has 0 bridgehead atoms. The lowest BCUT2D eigenvalue weighted by atomic mass is 9.68. The van der Waals surface area contributed by atoms with Crippen LogP contribution in [0.5, 0.6) is 0 Å². The number of halogens is 6. The zero-order valence-electron chi connectivity index (χ0n) is 30.5. The number of carbonyl (C=O) groups excluding carboxylic acids is 5. The van der Waals surface area contributed by atoms with E-state index in [0.717, 1.165) is 12.8 Å². The van der Waals surface area contributed by atoms with Crippen molar-refractivity contribution in [3.05, 3.63) is 127 Å². The number of rotatable bonds is 3. The van der Waals surface area contributed by atoms with Crippen LogP contribution in [-0.2, 0) is 35.1 Å². The van der Waals surface area contributed by atoms with Gasteiger partial charge in [-0.3, -0.25) is 29.3 Å². The van der Waals surface area contributed by atoms with E-state index in [1.807, 2.05) is 0 Å². The Labute approximate surface area is 351 Å². The number of benzene rings is 4. The molecule has 298 valence electrons. The molecule has 15 heteroatoms. The molecule has 3 amide bonds. The minimum atomic E-state index is -1.55. The van der Waals surface area contributed by atoms with E-state index in [1.54, 1.807) is 60.7 Å². The summed E-state index contributed by atoms with van der Waals surface area (Å²) in [6.07, 6.45) is 4.06. The molecule has 4 aromatic carbocycles. The van der Waals surface area contributed by atoms with Crippen LogP contribution in [0.1, 0.15) is 72.6 Å². The summed E-state index contributed by atoms with van der Waals surface area (Å²) in [6, 6.07) is 18.7. The van der Waals surface area contributed by atoms with E-state index in [0.29, 0.717) is 70.2 Å². The first-order chi connectivity index (χ1) is 27.8. The van der Waals surface area contributed by atoms with Gasteiger partial charge in [0, 0.05) is 81.1 Å². The molecule has 6 aliphatic rings. The third kappa shape index (κ3) is 5.53. The molecule has 2 spiro atoms. The molecule has 4 heterocycles. The molecule has 0 unspecified atom stereocenters. The third-order valence-corrected chi connectivity index (χ3v) is 14.1. The van der Waals surface area contributed by atoms with Gasteiger partial charge in [0.1, 0.15) is 28.7 Å². The standard InChI is InChI=1S/C22H17Cl2FN2O3.C21H17Cl2FN2O2/c23-11-7-8-13-15(9-11)26-21(30)22(13)19(12-3-1-4-14(24)20(12)25)18-16(27(22)10-28)5-2-6-17(18)29;22-10-7-8-12-15(9-10)25-20(28)21(12)18(11-3-1-4-13(23)19(11)24)17-14(26-21)5-2-6-16(17)27/h1,3-4,7-10,16,18-19H,2,5-6H2,(H,26,30);1,3-4,7-9,14,17-18,26H,2,5-6H2,(H,25,28)/t16-,18-,19-,22+;14-,17-,18-,21+/m00/s1. The Hall–Kier alpha value is -4.39. The zero-order valence-corrected chi connectivity index (χ0v) is 33.5. The van der Waals surface area contributed by atoms with E-state index in [9.17, 15) is 24.0 Å². The Bertz CT molecular complexity index is 2470. The lowest BCUT2D eigenvalue weighted by molar-refractivity contribution is -0.137. The number of Topliss-reactive ketones (excluding diaryl/α,β-unsaturated/α-hetero) is 2. The second kappa shape index (κ2) is 14.4. The normalized spacial score (nSPS) is 30.3. The first kappa shape index (κ1) is 39.1. The number of nitrogens with zero attached hydrogens (tertiary/aromatic N) is 1. The van der Waals surface area contributed by atoms with Crippen molar-refractivity contribution in [2.75, 3.05) is 10.6 Å². The third-order valence-electron chi connectivity index (χ3n) is 13.0. The summed E-state index contributed by atoms with van der Waals surface area (Å²) < 4.78 is 30.4. The maximum absolute atomic E-state index is 15.3. The zero-order chi connectivity index (χ0) is 40.8. The number of anilines is 2. The van der Waals surface area contributed by atoms with Gasteiger partial charge in [-0.25, -0.2) is 8.78 Å². The number of ketones is 2. The smallest absolute Gasteiger partial charge is 0.255 e. The van der Waals surface area contributed by atoms with Crippen molar-refractivity contribution >= 4 is 87.6 Å². The molecule has 4 aromatic rings. The molecule has 4 aliphatic heterocycles. The number of nitrogens with one attached hydrogen (secondary N) is 3. The monoisotopic (exact) mass is 864 g/mol. The highest BCUT2D eigenvalue weighted by Gasteiger charge is 2.69. The van der Waals surface area contributed by atoms with Crippen LogP contribution in [0.4, 0.5) is 20.2 Å². The van der Waals surface area contributed by atoms with Crippen LogP contribution in [-0.4, -0.2) is 46.8 Å². The summed E-state index contributed by atoms with van der Waals surface area (Å²) in [5.41, 5.74) is -0.0928. The van der Waals surface area contributed by atoms with Gasteiger partial charge in [-0.2, -0.15) is 0 Å². The minimum Gasteiger partial charge on any atom is -0.324 e. The van der Waals surface area contributed by atoms with Crippen molar-refractivity contribution in [2.24, 2.45) is 11.8 Å². The highest BCUT2D eigenvalue weighted by atomic mass is 35.5. The van der Waals surface area contributed by atoms with Crippen molar-refractivity contribution in [1.82, 2.24) is 10.2 Å². The van der Waals surface area contributed by atoms with Crippen LogP contribution in [0.15, 0.2) is 72.8 Å². The number of hydrogen-bond donors (Lipinski definition) is 3. The van der Waals surface area contributed by atoms with E-state index in [2.05, 4.69) is 16.0 Å². The quantitative estimate of drug-likeness (QED) is 0.177. The number of hydrogen-bond acceptors (Lipinski definition) is 6. The summed E-state index contributed by atoms with van der Waals surface area (Å²) in [5, 5.41) is 9.91. The summed E-state index contributed by atoms with van der Waals surface area (Å²) in [6.45, 7) is 0. The Morgan fingerprint density at radius 3 is 1.86 bits per heavy atom. The van der Waals surface area contributed by atoms with Gasteiger partial charge in [-0.1, -0.05) is 82.8 Å². The Kier molecular flexibility index (Phi) is 9.71. The first-order valence-electron chi connectivity index (χ1n) is 19.0. The second-order valence-electron chi connectivity index (χ2n) is 15.7. The first-order valence-corrected chi connectivity index (χ1v) is 20.5. The summed E-state index contributed by atoms with van der Waals surface area (Å²) >= 11 is 24.3. The van der Waals surface area contributed by atoms with E-state index in [4.69, 9.17) is 46.4 Å². The molecule has 10 rings (SSSR count). The fourth-order valence-electron chi connectivity index (χ4n) is 10.9. The minimum absolute atomic E-state index is 0.0194. The van der Waals surface area contributed by atoms with Gasteiger partial charge in [0.05, 0.1) is 10.0 Å². The molecule has 2 aliphatic carbocycles. The van der Waals surface area contributed by atoms with Gasteiger partial charge in [-0.15, -0.1) is 0 Å². The molecular weight excluding hydrogens is 832 g/mol. The van der Waals surface area contributed by atoms with Crippen molar-refractivity contribution in [1.29, 1.82) is 0 Å². The van der Waals surface area contributed by atoms with Crippen LogP contribution in [0.25, 0.3) is 0 Å². The Morgan fingerprint density at radius 1 is 0.672 bits per heavy atom. The van der Waals surface area contributed by atoms with Crippen molar-refractivity contribution < 1.29 is 32.8 Å². The molecule has 9 nitrogen and oxygen atoms in total. The molecule has 2 saturated carbocycles. The van der Waals surface area contributed by atoms with Gasteiger partial charge in [0.25, 0.3) is 5.91 Å². The largest absolute Gasteiger partial charge is 0.324 e. The van der Waals surface area contributed by atoms with Gasteiger partial charge >= 0.3 is 0 Å². The van der Waals surface area contributed by atoms with Crippen LogP contribution in [0, 0.1) is 23.5 Å². The molecule has 0 aromatic heterocycles. The van der Waals surface area contributed by atoms with Gasteiger partial charge < -0.3 is 15.5 Å². The summed E-state index contributed by atoms with van der Waals surface area (Å²) in [4.78, 5) is 66.7. The fraction of sp³-hybridized carbons (Fsp3) is 0.326. The van der Waals surface area contributed by atoms with E-state index >= 15 is 8.78 Å². The summed E-state index contributed by atoms with van der Waals surface area (Å²) in [7, 11) is 0. The Balaban J connectivity index is 0.000000151. The fourth-order valence-corrected chi connectivity index (χ4v) is 11.6. The lowest BCUT2D eigenvalue weighted by Gasteiger charge is -2.37. The molecule has 3 N–H and O–H groups in total. The van der Waals surface area contributed by atoms with Crippen LogP contribution >= 0.6 is 46.4 Å². The number of carbonyl (C=O) groups is 5. The van der Waals surface area contributed by atoms with E-state index in [-0.39, 0.29) is 39.1 Å². The SMILES string of the molecule is O=C1CCC[C@@H]2N[C@@]3(C(=O)Nc4cc(Cl)ccc43)[C@@H](c3cccc(Cl)c3F)[C@H]12.O=CN1[C@H]2CCCC(=O)[C@H]2[C@H](c2cccc(Cl)c2F)[C@]12C(=O)Nc1cc(Cl)ccc12. The topological polar surface area (TPSA) is 125 Å². The van der Waals surface area contributed by atoms with E-state index in [1.165, 1.54) is 17.0 Å². The predicted octanol–water partition coefficient (Wildman–Crippen LogP) is 8.68. The van der Waals surface area contributed by atoms with Gasteiger partial charge in [0.15, 0.2) is 5.54 Å². The molecule has 8 atom stereocenters. The second-order valence-corrected chi connectivity index (χ2v) is 17.4. The van der Waals surface area contributed by atoms with Crippen molar-refractivity contribution in [3.8, 4) is 0 Å². The number of fused-ring (bicyclic) bond motifs is 6. The average Bonchev–Trinajstić information content (AvgIpc) is 3.87. The van der Waals surface area contributed by atoms with Crippen LogP contribution in [0.3, 0.4) is 0 Å². The van der Waals surface area contributed by atoms with Gasteiger partial charge in [-0.05, 0) is 73.2 Å². The average molecular weight is 867 g/mol. The number of likely N-dealkylation sites (tertiary alicyclic amines) is 1. The lowest BCUT2D eigenvalue weighted by Crippen LogP contribution is -2.51. The molecule has 58 heavy (non-hydrogen) atoms. The van der Waals surface area contributed by atoms with Crippen LogP contribution < -0.4 is 16.0 Å².